The van der Waals surface area contributed by atoms with Crippen LogP contribution in [0.3, 0.4) is 0 Å². The van der Waals surface area contributed by atoms with Gasteiger partial charge < -0.3 is 4.74 Å². The molecule has 90 valence electrons. The standard InChI is InChI=1S/C13H15NO3/c1-8(11(16)17-3)13-5-10(13)4-12(6-13,7-14)9(2)15/h10H,1,4-6H2,2-3H3. The zero-order valence-electron chi connectivity index (χ0n) is 10.1. The molecule has 0 bridgehead atoms. The predicted molar refractivity (Wildman–Crippen MR) is 59.7 cm³/mol. The van der Waals surface area contributed by atoms with Gasteiger partial charge in [-0.15, -0.1) is 0 Å². The van der Waals surface area contributed by atoms with Crippen LogP contribution in [0.4, 0.5) is 0 Å². The van der Waals surface area contributed by atoms with Crippen molar-refractivity contribution in [2.24, 2.45) is 16.7 Å². The number of esters is 1. The van der Waals surface area contributed by atoms with Gasteiger partial charge in [-0.3, -0.25) is 4.79 Å². The van der Waals surface area contributed by atoms with Crippen molar-refractivity contribution in [1.82, 2.24) is 0 Å². The second kappa shape index (κ2) is 3.43. The van der Waals surface area contributed by atoms with Crippen LogP contribution in [-0.4, -0.2) is 18.9 Å². The highest BCUT2D eigenvalue weighted by Crippen LogP contribution is 2.72. The van der Waals surface area contributed by atoms with Crippen molar-refractivity contribution in [3.8, 4) is 6.07 Å². The molecule has 2 saturated carbocycles. The Bertz CT molecular complexity index is 462. The molecule has 2 aliphatic rings. The number of nitriles is 1. The number of methoxy groups -OCH3 is 1. The minimum Gasteiger partial charge on any atom is -0.466 e. The minimum absolute atomic E-state index is 0.107. The van der Waals surface area contributed by atoms with Crippen LogP contribution >= 0.6 is 0 Å². The van der Waals surface area contributed by atoms with E-state index in [0.29, 0.717) is 18.4 Å². The molecule has 17 heavy (non-hydrogen) atoms. The van der Waals surface area contributed by atoms with Crippen LogP contribution in [0.15, 0.2) is 12.2 Å². The highest BCUT2D eigenvalue weighted by Gasteiger charge is 2.69. The number of carbonyl (C=O) groups is 2. The molecule has 0 heterocycles. The molecule has 4 heteroatoms. The van der Waals surface area contributed by atoms with E-state index < -0.39 is 11.4 Å². The lowest BCUT2D eigenvalue weighted by Gasteiger charge is -2.22. The molecule has 0 aliphatic heterocycles. The third kappa shape index (κ3) is 1.42. The lowest BCUT2D eigenvalue weighted by molar-refractivity contribution is -0.137. The van der Waals surface area contributed by atoms with Gasteiger partial charge in [0.2, 0.25) is 0 Å². The normalized spacial score (nSPS) is 37.8. The summed E-state index contributed by atoms with van der Waals surface area (Å²) < 4.78 is 4.67. The average Bonchev–Trinajstić information content (AvgIpc) is 2.90. The van der Waals surface area contributed by atoms with E-state index in [-0.39, 0.29) is 17.1 Å². The van der Waals surface area contributed by atoms with E-state index in [1.807, 2.05) is 0 Å². The fraction of sp³-hybridized carbons (Fsp3) is 0.615. The Labute approximate surface area is 100 Å². The summed E-state index contributed by atoms with van der Waals surface area (Å²) in [7, 11) is 1.32. The van der Waals surface area contributed by atoms with E-state index in [4.69, 9.17) is 0 Å². The molecule has 2 aliphatic carbocycles. The second-order valence-electron chi connectivity index (χ2n) is 5.16. The molecule has 3 unspecified atom stereocenters. The maximum absolute atomic E-state index is 11.6. The van der Waals surface area contributed by atoms with Gasteiger partial charge in [-0.1, -0.05) is 6.58 Å². The van der Waals surface area contributed by atoms with Crippen LogP contribution in [0.2, 0.25) is 0 Å². The summed E-state index contributed by atoms with van der Waals surface area (Å²) in [6.07, 6.45) is 1.82. The highest BCUT2D eigenvalue weighted by molar-refractivity contribution is 5.92. The van der Waals surface area contributed by atoms with Crippen molar-refractivity contribution in [3.05, 3.63) is 12.2 Å². The molecule has 0 amide bonds. The molecule has 0 saturated heterocycles. The predicted octanol–water partition coefficient (Wildman–Crippen LogP) is 1.61. The Balaban J connectivity index is 2.25. The molecule has 4 nitrogen and oxygen atoms in total. The van der Waals surface area contributed by atoms with Crippen LogP contribution in [0.25, 0.3) is 0 Å². The first-order chi connectivity index (χ1) is 7.92. The topological polar surface area (TPSA) is 67.2 Å². The molecular weight excluding hydrogens is 218 g/mol. The lowest BCUT2D eigenvalue weighted by atomic mass is 9.77. The third-order valence-electron chi connectivity index (χ3n) is 4.36. The van der Waals surface area contributed by atoms with Gasteiger partial charge in [0.15, 0.2) is 0 Å². The number of ketones is 1. The van der Waals surface area contributed by atoms with Gasteiger partial charge in [-0.05, 0) is 32.1 Å². The Morgan fingerprint density at radius 1 is 1.47 bits per heavy atom. The van der Waals surface area contributed by atoms with E-state index >= 15 is 0 Å². The number of rotatable bonds is 3. The number of hydrogen-bond donors (Lipinski definition) is 0. The molecule has 3 atom stereocenters. The maximum atomic E-state index is 11.6. The van der Waals surface area contributed by atoms with Crippen LogP contribution in [-0.2, 0) is 14.3 Å². The minimum atomic E-state index is -0.917. The van der Waals surface area contributed by atoms with E-state index in [2.05, 4.69) is 17.4 Å². The van der Waals surface area contributed by atoms with E-state index in [0.717, 1.165) is 6.42 Å². The van der Waals surface area contributed by atoms with Gasteiger partial charge in [-0.25, -0.2) is 4.79 Å². The highest BCUT2D eigenvalue weighted by atomic mass is 16.5. The van der Waals surface area contributed by atoms with Crippen LogP contribution in [0, 0.1) is 28.1 Å². The van der Waals surface area contributed by atoms with Crippen LogP contribution < -0.4 is 0 Å². The Kier molecular flexibility index (Phi) is 2.39. The molecule has 0 N–H and O–H groups in total. The number of ether oxygens (including phenoxy) is 1. The Hall–Kier alpha value is -1.63. The van der Waals surface area contributed by atoms with Crippen molar-refractivity contribution in [2.45, 2.75) is 26.2 Å². The average molecular weight is 233 g/mol. The van der Waals surface area contributed by atoms with Crippen molar-refractivity contribution < 1.29 is 14.3 Å². The molecule has 0 aromatic rings. The van der Waals surface area contributed by atoms with Gasteiger partial charge in [0.05, 0.1) is 13.2 Å². The van der Waals surface area contributed by atoms with Gasteiger partial charge in [0, 0.05) is 11.0 Å². The van der Waals surface area contributed by atoms with Gasteiger partial charge in [0.25, 0.3) is 0 Å². The quantitative estimate of drug-likeness (QED) is 0.548. The summed E-state index contributed by atoms with van der Waals surface area (Å²) in [5, 5.41) is 9.20. The molecule has 0 radical (unpaired) electrons. The summed E-state index contributed by atoms with van der Waals surface area (Å²) >= 11 is 0. The first-order valence-electron chi connectivity index (χ1n) is 5.62. The smallest absolute Gasteiger partial charge is 0.333 e. The molecular formula is C13H15NO3. The molecule has 2 rings (SSSR count). The molecule has 0 aromatic carbocycles. The van der Waals surface area contributed by atoms with Crippen molar-refractivity contribution >= 4 is 11.8 Å². The summed E-state index contributed by atoms with van der Waals surface area (Å²) in [5.74, 6) is -0.299. The van der Waals surface area contributed by atoms with Gasteiger partial charge in [-0.2, -0.15) is 5.26 Å². The van der Waals surface area contributed by atoms with Crippen molar-refractivity contribution in [3.63, 3.8) is 0 Å². The summed E-state index contributed by atoms with van der Waals surface area (Å²) in [6.45, 7) is 5.23. The van der Waals surface area contributed by atoms with Crippen molar-refractivity contribution in [2.75, 3.05) is 7.11 Å². The van der Waals surface area contributed by atoms with Crippen molar-refractivity contribution in [1.29, 1.82) is 5.26 Å². The zero-order chi connectivity index (χ0) is 12.8. The zero-order valence-corrected chi connectivity index (χ0v) is 10.1. The fourth-order valence-electron chi connectivity index (χ4n) is 3.13. The number of nitrogens with zero attached hydrogens (tertiary/aromatic N) is 1. The SMILES string of the molecule is C=C(C(=O)OC)C12CC1CC(C#N)(C(C)=O)C2. The number of fused-ring (bicyclic) bond motifs is 1. The third-order valence-corrected chi connectivity index (χ3v) is 4.36. The van der Waals surface area contributed by atoms with Crippen LogP contribution in [0.1, 0.15) is 26.2 Å². The monoisotopic (exact) mass is 233 g/mol. The molecule has 0 aromatic heterocycles. The first kappa shape index (κ1) is 11.8. The molecule has 2 fully saturated rings. The largest absolute Gasteiger partial charge is 0.466 e. The number of hydrogen-bond acceptors (Lipinski definition) is 4. The van der Waals surface area contributed by atoms with Gasteiger partial charge in [0.1, 0.15) is 11.2 Å². The van der Waals surface area contributed by atoms with E-state index in [9.17, 15) is 14.9 Å². The van der Waals surface area contributed by atoms with Gasteiger partial charge >= 0.3 is 5.97 Å². The van der Waals surface area contributed by atoms with E-state index in [1.165, 1.54) is 14.0 Å². The summed E-state index contributed by atoms with van der Waals surface area (Å²) in [5.41, 5.74) is -0.850. The summed E-state index contributed by atoms with van der Waals surface area (Å²) in [6, 6.07) is 2.13. The molecule has 0 spiro atoms. The maximum Gasteiger partial charge on any atom is 0.333 e. The number of Topliss-reactive ketones (excluding diaryl/α,β-unsaturated/α-hetero) is 1. The fourth-order valence-corrected chi connectivity index (χ4v) is 3.13. The Morgan fingerprint density at radius 2 is 2.12 bits per heavy atom. The van der Waals surface area contributed by atoms with Crippen LogP contribution in [0.5, 0.6) is 0 Å². The first-order valence-corrected chi connectivity index (χ1v) is 5.62. The lowest BCUT2D eigenvalue weighted by Crippen LogP contribution is -2.28. The second-order valence-corrected chi connectivity index (χ2v) is 5.16. The Morgan fingerprint density at radius 3 is 2.53 bits per heavy atom. The summed E-state index contributed by atoms with van der Waals surface area (Å²) in [4.78, 5) is 23.1. The number of carbonyl (C=O) groups excluding carboxylic acids is 2. The van der Waals surface area contributed by atoms with E-state index in [1.54, 1.807) is 0 Å².